The molecule has 2 aromatic carbocycles. The summed E-state index contributed by atoms with van der Waals surface area (Å²) >= 11 is 1.35. The minimum Gasteiger partial charge on any atom is -0.485 e. The van der Waals surface area contributed by atoms with E-state index in [0.29, 0.717) is 22.9 Å². The van der Waals surface area contributed by atoms with Crippen molar-refractivity contribution in [3.05, 3.63) is 52.8 Å². The maximum atomic E-state index is 12.8. The molecule has 1 aromatic heterocycles. The van der Waals surface area contributed by atoms with Crippen molar-refractivity contribution in [3.8, 4) is 11.5 Å². The van der Waals surface area contributed by atoms with E-state index in [1.807, 2.05) is 37.3 Å². The number of esters is 1. The number of amides is 1. The highest BCUT2D eigenvalue weighted by molar-refractivity contribution is 7.16. The number of thiazole rings is 1. The Morgan fingerprint density at radius 2 is 2.00 bits per heavy atom. The first-order valence-electron chi connectivity index (χ1n) is 9.28. The van der Waals surface area contributed by atoms with Crippen molar-refractivity contribution in [2.24, 2.45) is 4.99 Å². The Kier molecular flexibility index (Phi) is 5.35. The number of ether oxygens (including phenoxy) is 3. The minimum atomic E-state index is -0.841. The van der Waals surface area contributed by atoms with Gasteiger partial charge in [0.1, 0.15) is 13.2 Å². The van der Waals surface area contributed by atoms with E-state index in [-0.39, 0.29) is 19.1 Å². The number of benzene rings is 2. The number of hydrogen-bond donors (Lipinski definition) is 0. The van der Waals surface area contributed by atoms with Gasteiger partial charge in [-0.2, -0.15) is 4.99 Å². The van der Waals surface area contributed by atoms with Crippen molar-refractivity contribution < 1.29 is 23.8 Å². The summed E-state index contributed by atoms with van der Waals surface area (Å²) in [5, 5.41) is 0. The highest BCUT2D eigenvalue weighted by Gasteiger charge is 2.27. The molecule has 1 atom stereocenters. The Balaban J connectivity index is 1.71. The van der Waals surface area contributed by atoms with Gasteiger partial charge < -0.3 is 18.8 Å². The van der Waals surface area contributed by atoms with E-state index < -0.39 is 12.0 Å². The van der Waals surface area contributed by atoms with Crippen molar-refractivity contribution >= 4 is 33.4 Å². The summed E-state index contributed by atoms with van der Waals surface area (Å²) in [4.78, 5) is 29.6. The molecule has 29 heavy (non-hydrogen) atoms. The largest absolute Gasteiger partial charge is 0.485 e. The van der Waals surface area contributed by atoms with E-state index in [4.69, 9.17) is 14.2 Å². The van der Waals surface area contributed by atoms with Crippen LogP contribution in [0.25, 0.3) is 10.2 Å². The zero-order chi connectivity index (χ0) is 20.4. The number of aryl methyl sites for hydroxylation is 1. The summed E-state index contributed by atoms with van der Waals surface area (Å²) in [7, 11) is 0. The second-order valence-electron chi connectivity index (χ2n) is 6.51. The van der Waals surface area contributed by atoms with Gasteiger partial charge in [0.2, 0.25) is 6.10 Å². The number of rotatable bonds is 4. The highest BCUT2D eigenvalue weighted by Crippen LogP contribution is 2.31. The Morgan fingerprint density at radius 3 is 2.79 bits per heavy atom. The first-order chi connectivity index (χ1) is 14.1. The van der Waals surface area contributed by atoms with Crippen molar-refractivity contribution in [2.75, 3.05) is 13.2 Å². The van der Waals surface area contributed by atoms with E-state index in [2.05, 4.69) is 4.99 Å². The molecule has 1 aliphatic heterocycles. The average Bonchev–Trinajstić information content (AvgIpc) is 3.06. The number of hydrogen-bond acceptors (Lipinski definition) is 6. The Bertz CT molecular complexity index is 1150. The predicted octanol–water partition coefficient (Wildman–Crippen LogP) is 2.84. The van der Waals surface area contributed by atoms with Crippen LogP contribution in [-0.2, 0) is 20.9 Å². The lowest BCUT2D eigenvalue weighted by Gasteiger charge is -2.23. The van der Waals surface area contributed by atoms with Crippen LogP contribution in [0.4, 0.5) is 0 Å². The van der Waals surface area contributed by atoms with Gasteiger partial charge in [0.25, 0.3) is 5.91 Å². The van der Waals surface area contributed by atoms with Crippen molar-refractivity contribution in [1.29, 1.82) is 0 Å². The molecular weight excluding hydrogens is 392 g/mol. The molecular formula is C21H20N2O5S. The second-order valence-corrected chi connectivity index (χ2v) is 7.52. The number of fused-ring (bicyclic) bond motifs is 2. The fourth-order valence-electron chi connectivity index (χ4n) is 3.18. The molecule has 0 unspecified atom stereocenters. The molecule has 4 rings (SSSR count). The lowest BCUT2D eigenvalue weighted by Crippen LogP contribution is -2.37. The van der Waals surface area contributed by atoms with E-state index in [1.165, 1.54) is 11.3 Å². The van der Waals surface area contributed by atoms with E-state index >= 15 is 0 Å². The molecule has 8 heteroatoms. The summed E-state index contributed by atoms with van der Waals surface area (Å²) < 4.78 is 19.1. The average molecular weight is 412 g/mol. The van der Waals surface area contributed by atoms with Gasteiger partial charge in [0, 0.05) is 0 Å². The molecule has 150 valence electrons. The Morgan fingerprint density at radius 1 is 1.21 bits per heavy atom. The number of aromatic nitrogens is 1. The van der Waals surface area contributed by atoms with Gasteiger partial charge in [-0.1, -0.05) is 35.6 Å². The number of carbonyl (C=O) groups excluding carboxylic acids is 2. The van der Waals surface area contributed by atoms with Crippen molar-refractivity contribution in [3.63, 3.8) is 0 Å². The van der Waals surface area contributed by atoms with Crippen LogP contribution in [0, 0.1) is 6.92 Å². The van der Waals surface area contributed by atoms with Crippen LogP contribution in [0.1, 0.15) is 12.5 Å². The summed E-state index contributed by atoms with van der Waals surface area (Å²) in [5.74, 6) is 0.280. The fraction of sp³-hybridized carbons (Fsp3) is 0.286. The maximum Gasteiger partial charge on any atom is 0.326 e. The van der Waals surface area contributed by atoms with Gasteiger partial charge in [-0.15, -0.1) is 0 Å². The van der Waals surface area contributed by atoms with Gasteiger partial charge in [0.15, 0.2) is 16.3 Å². The van der Waals surface area contributed by atoms with E-state index in [1.54, 1.807) is 23.6 Å². The van der Waals surface area contributed by atoms with Gasteiger partial charge in [0.05, 0.1) is 16.8 Å². The first-order valence-corrected chi connectivity index (χ1v) is 10.1. The fourth-order valence-corrected chi connectivity index (χ4v) is 4.30. The monoisotopic (exact) mass is 412 g/mol. The quantitative estimate of drug-likeness (QED) is 0.616. The molecule has 3 aromatic rings. The van der Waals surface area contributed by atoms with Crippen LogP contribution in [-0.4, -0.2) is 35.8 Å². The summed E-state index contributed by atoms with van der Waals surface area (Å²) in [6, 6.07) is 13.0. The van der Waals surface area contributed by atoms with E-state index in [0.717, 1.165) is 15.8 Å². The molecule has 0 aliphatic carbocycles. The van der Waals surface area contributed by atoms with Gasteiger partial charge in [-0.25, -0.2) is 0 Å². The third kappa shape index (κ3) is 3.88. The molecule has 0 N–H and O–H groups in total. The second kappa shape index (κ2) is 8.08. The van der Waals surface area contributed by atoms with Crippen LogP contribution >= 0.6 is 11.3 Å². The highest BCUT2D eigenvalue weighted by atomic mass is 32.1. The SMILES string of the molecule is CCOC(=O)Cn1c(=NC(=O)[C@H]2COc3ccccc3O2)sc2cccc(C)c21. The molecule has 1 aliphatic rings. The van der Waals surface area contributed by atoms with Crippen LogP contribution in [0.5, 0.6) is 11.5 Å². The number of para-hydroxylation sites is 3. The summed E-state index contributed by atoms with van der Waals surface area (Å²) in [6.07, 6.45) is -0.841. The first kappa shape index (κ1) is 19.2. The zero-order valence-electron chi connectivity index (χ0n) is 16.1. The third-order valence-electron chi connectivity index (χ3n) is 4.49. The predicted molar refractivity (Wildman–Crippen MR) is 108 cm³/mol. The topological polar surface area (TPSA) is 79.1 Å². The maximum absolute atomic E-state index is 12.8. The zero-order valence-corrected chi connectivity index (χ0v) is 16.9. The third-order valence-corrected chi connectivity index (χ3v) is 5.53. The normalized spacial score (nSPS) is 16.1. The van der Waals surface area contributed by atoms with Crippen LogP contribution in [0.3, 0.4) is 0 Å². The molecule has 7 nitrogen and oxygen atoms in total. The smallest absolute Gasteiger partial charge is 0.326 e. The molecule has 0 saturated carbocycles. The van der Waals surface area contributed by atoms with Crippen LogP contribution in [0.2, 0.25) is 0 Å². The lowest BCUT2D eigenvalue weighted by atomic mass is 10.2. The van der Waals surface area contributed by atoms with Gasteiger partial charge in [-0.3, -0.25) is 9.59 Å². The molecule has 1 amide bonds. The van der Waals surface area contributed by atoms with E-state index in [9.17, 15) is 9.59 Å². The molecule has 0 saturated heterocycles. The van der Waals surface area contributed by atoms with Crippen molar-refractivity contribution in [1.82, 2.24) is 4.57 Å². The number of carbonyl (C=O) groups is 2. The minimum absolute atomic E-state index is 0.0182. The Labute approximate surface area is 171 Å². The number of nitrogens with zero attached hydrogens (tertiary/aromatic N) is 2. The summed E-state index contributed by atoms with van der Waals surface area (Å²) in [5.41, 5.74) is 1.85. The molecule has 0 spiro atoms. The molecule has 2 heterocycles. The van der Waals surface area contributed by atoms with Crippen LogP contribution < -0.4 is 14.3 Å². The lowest BCUT2D eigenvalue weighted by molar-refractivity contribution is -0.143. The van der Waals surface area contributed by atoms with Crippen LogP contribution in [0.15, 0.2) is 47.5 Å². The molecule has 0 bridgehead atoms. The van der Waals surface area contributed by atoms with Gasteiger partial charge in [-0.05, 0) is 37.6 Å². The van der Waals surface area contributed by atoms with Gasteiger partial charge >= 0.3 is 5.97 Å². The molecule has 0 radical (unpaired) electrons. The Hall–Kier alpha value is -3.13. The van der Waals surface area contributed by atoms with Crippen molar-refractivity contribution in [2.45, 2.75) is 26.5 Å². The summed E-state index contributed by atoms with van der Waals surface area (Å²) in [6.45, 7) is 4.07. The molecule has 0 fully saturated rings. The standard InChI is InChI=1S/C21H20N2O5S/c1-3-26-18(24)11-23-19-13(2)7-6-10-17(19)29-21(23)22-20(25)16-12-27-14-8-4-5-9-15(14)28-16/h4-10,16H,3,11-12H2,1-2H3/t16-/m1/s1.